The maximum atomic E-state index is 10.6. The molecule has 1 rings (SSSR count). The average Bonchev–Trinajstić information content (AvgIpc) is 2.32. The van der Waals surface area contributed by atoms with Crippen molar-refractivity contribution in [1.82, 2.24) is 9.78 Å². The first-order valence-corrected chi connectivity index (χ1v) is 3.99. The number of carboxylic acids is 1. The van der Waals surface area contributed by atoms with E-state index in [-0.39, 0.29) is 10.7 Å². The molecule has 1 aromatic heterocycles. The number of rotatable bonds is 3. The summed E-state index contributed by atoms with van der Waals surface area (Å²) in [5, 5.41) is 12.7. The lowest BCUT2D eigenvalue weighted by molar-refractivity contribution is 0.0683. The zero-order valence-electron chi connectivity index (χ0n) is 6.62. The highest BCUT2D eigenvalue weighted by molar-refractivity contribution is 6.33. The summed E-state index contributed by atoms with van der Waals surface area (Å²) in [4.78, 5) is 10.6. The second kappa shape index (κ2) is 3.58. The summed E-state index contributed by atoms with van der Waals surface area (Å²) in [6.07, 6.45) is 2.18. The zero-order valence-corrected chi connectivity index (χ0v) is 7.38. The number of carbonyl (C=O) groups is 1. The number of nitrogens with zero attached hydrogens (tertiary/aromatic N) is 2. The first-order chi connectivity index (χ1) is 5.66. The van der Waals surface area contributed by atoms with Crippen LogP contribution in [-0.2, 0) is 6.54 Å². The van der Waals surface area contributed by atoms with Gasteiger partial charge in [0.25, 0.3) is 0 Å². The van der Waals surface area contributed by atoms with E-state index >= 15 is 0 Å². The van der Waals surface area contributed by atoms with Crippen molar-refractivity contribution in [3.05, 3.63) is 16.9 Å². The van der Waals surface area contributed by atoms with E-state index in [9.17, 15) is 4.79 Å². The Hall–Kier alpha value is -1.03. The summed E-state index contributed by atoms with van der Waals surface area (Å²) in [6, 6.07) is 0. The fraction of sp³-hybridized carbons (Fsp3) is 0.429. The van der Waals surface area contributed by atoms with Crippen molar-refractivity contribution >= 4 is 17.6 Å². The van der Waals surface area contributed by atoms with E-state index in [2.05, 4.69) is 5.10 Å². The van der Waals surface area contributed by atoms with Gasteiger partial charge in [0, 0.05) is 6.54 Å². The van der Waals surface area contributed by atoms with Crippen LogP contribution in [0.4, 0.5) is 0 Å². The molecule has 0 saturated carbocycles. The predicted octanol–water partition coefficient (Wildman–Crippen LogP) is 1.64. The van der Waals surface area contributed by atoms with E-state index in [1.807, 2.05) is 6.92 Å². The summed E-state index contributed by atoms with van der Waals surface area (Å²) in [5.74, 6) is -1.04. The number of aromatic nitrogens is 2. The zero-order chi connectivity index (χ0) is 9.14. The van der Waals surface area contributed by atoms with Crippen LogP contribution in [0.25, 0.3) is 0 Å². The molecule has 0 radical (unpaired) electrons. The minimum Gasteiger partial charge on any atom is -0.476 e. The molecule has 0 atom stereocenters. The third-order valence-electron chi connectivity index (χ3n) is 1.43. The predicted molar refractivity (Wildman–Crippen MR) is 44.5 cm³/mol. The maximum absolute atomic E-state index is 10.6. The smallest absolute Gasteiger partial charge is 0.355 e. The van der Waals surface area contributed by atoms with Crippen molar-refractivity contribution < 1.29 is 9.90 Å². The molecule has 1 aromatic rings. The third-order valence-corrected chi connectivity index (χ3v) is 1.71. The average molecular weight is 189 g/mol. The Morgan fingerprint density at radius 2 is 2.50 bits per heavy atom. The van der Waals surface area contributed by atoms with E-state index in [1.165, 1.54) is 10.9 Å². The first kappa shape index (κ1) is 9.06. The molecule has 0 aromatic carbocycles. The van der Waals surface area contributed by atoms with Crippen LogP contribution in [0.5, 0.6) is 0 Å². The van der Waals surface area contributed by atoms with Crippen LogP contribution >= 0.6 is 11.6 Å². The van der Waals surface area contributed by atoms with Gasteiger partial charge in [-0.05, 0) is 6.42 Å². The van der Waals surface area contributed by atoms with Crippen molar-refractivity contribution in [2.24, 2.45) is 0 Å². The minimum absolute atomic E-state index is 0.0681. The van der Waals surface area contributed by atoms with E-state index in [0.29, 0.717) is 6.54 Å². The van der Waals surface area contributed by atoms with Crippen molar-refractivity contribution in [3.63, 3.8) is 0 Å². The van der Waals surface area contributed by atoms with E-state index in [0.717, 1.165) is 6.42 Å². The van der Waals surface area contributed by atoms with E-state index in [4.69, 9.17) is 16.7 Å². The molecule has 0 saturated heterocycles. The lowest BCUT2D eigenvalue weighted by atomic mass is 10.4. The van der Waals surface area contributed by atoms with Gasteiger partial charge in [-0.3, -0.25) is 4.68 Å². The quantitative estimate of drug-likeness (QED) is 0.785. The molecule has 0 bridgehead atoms. The second-order valence-electron chi connectivity index (χ2n) is 2.37. The molecule has 0 aliphatic rings. The molecule has 12 heavy (non-hydrogen) atoms. The second-order valence-corrected chi connectivity index (χ2v) is 2.78. The summed E-state index contributed by atoms with van der Waals surface area (Å²) in [5.41, 5.74) is 0.0681. The number of hydrogen-bond donors (Lipinski definition) is 1. The van der Waals surface area contributed by atoms with Crippen LogP contribution in [0, 0.1) is 0 Å². The number of hydrogen-bond acceptors (Lipinski definition) is 2. The van der Waals surface area contributed by atoms with Gasteiger partial charge in [-0.1, -0.05) is 18.5 Å². The number of aromatic carboxylic acids is 1. The molecule has 0 spiro atoms. The molecule has 0 unspecified atom stereocenters. The SMILES string of the molecule is CCCn1ncc(Cl)c1C(=O)O. The normalized spacial score (nSPS) is 10.2. The monoisotopic (exact) mass is 188 g/mol. The standard InChI is InChI=1S/C7H9ClN2O2/c1-2-3-10-6(7(11)12)5(8)4-9-10/h4H,2-3H2,1H3,(H,11,12). The highest BCUT2D eigenvalue weighted by atomic mass is 35.5. The first-order valence-electron chi connectivity index (χ1n) is 3.61. The maximum Gasteiger partial charge on any atom is 0.355 e. The van der Waals surface area contributed by atoms with Gasteiger partial charge in [0.1, 0.15) is 0 Å². The van der Waals surface area contributed by atoms with Crippen LogP contribution in [0.1, 0.15) is 23.8 Å². The Morgan fingerprint density at radius 1 is 1.83 bits per heavy atom. The molecule has 5 heteroatoms. The highest BCUT2D eigenvalue weighted by Crippen LogP contribution is 2.14. The molecule has 0 amide bonds. The molecule has 0 fully saturated rings. The minimum atomic E-state index is -1.04. The molecule has 66 valence electrons. The third kappa shape index (κ3) is 1.58. The summed E-state index contributed by atoms with van der Waals surface area (Å²) in [7, 11) is 0. The molecule has 1 N–H and O–H groups in total. The molecule has 0 aliphatic carbocycles. The number of carboxylic acid groups (broad SMARTS) is 1. The molecule has 0 aliphatic heterocycles. The molecular weight excluding hydrogens is 180 g/mol. The Labute approximate surface area is 74.8 Å². The van der Waals surface area contributed by atoms with Crippen LogP contribution in [-0.4, -0.2) is 20.9 Å². The van der Waals surface area contributed by atoms with Gasteiger partial charge >= 0.3 is 5.97 Å². The summed E-state index contributed by atoms with van der Waals surface area (Å²) >= 11 is 5.61. The van der Waals surface area contributed by atoms with Crippen molar-refractivity contribution in [2.75, 3.05) is 0 Å². The van der Waals surface area contributed by atoms with Crippen molar-refractivity contribution in [2.45, 2.75) is 19.9 Å². The van der Waals surface area contributed by atoms with Gasteiger partial charge in [0.2, 0.25) is 0 Å². The highest BCUT2D eigenvalue weighted by Gasteiger charge is 2.15. The van der Waals surface area contributed by atoms with Crippen LogP contribution < -0.4 is 0 Å². The fourth-order valence-corrected chi connectivity index (χ4v) is 1.18. The fourth-order valence-electron chi connectivity index (χ4n) is 0.956. The molecular formula is C7H9ClN2O2. The largest absolute Gasteiger partial charge is 0.476 e. The Bertz CT molecular complexity index is 296. The lowest BCUT2D eigenvalue weighted by Gasteiger charge is -2.00. The van der Waals surface area contributed by atoms with Crippen LogP contribution in [0.2, 0.25) is 5.02 Å². The van der Waals surface area contributed by atoms with Crippen LogP contribution in [0.3, 0.4) is 0 Å². The van der Waals surface area contributed by atoms with Crippen LogP contribution in [0.15, 0.2) is 6.20 Å². The molecule has 4 nitrogen and oxygen atoms in total. The van der Waals surface area contributed by atoms with E-state index < -0.39 is 5.97 Å². The van der Waals surface area contributed by atoms with Gasteiger partial charge in [0.15, 0.2) is 5.69 Å². The summed E-state index contributed by atoms with van der Waals surface area (Å²) < 4.78 is 1.39. The van der Waals surface area contributed by atoms with Gasteiger partial charge in [-0.15, -0.1) is 0 Å². The molecule has 1 heterocycles. The Balaban J connectivity index is 3.04. The Kier molecular flexibility index (Phi) is 2.70. The van der Waals surface area contributed by atoms with Crippen molar-refractivity contribution in [3.8, 4) is 0 Å². The number of halogens is 1. The van der Waals surface area contributed by atoms with Gasteiger partial charge in [0.05, 0.1) is 11.2 Å². The Morgan fingerprint density at radius 3 is 3.00 bits per heavy atom. The van der Waals surface area contributed by atoms with Gasteiger partial charge in [-0.25, -0.2) is 4.79 Å². The van der Waals surface area contributed by atoms with Crippen molar-refractivity contribution in [1.29, 1.82) is 0 Å². The van der Waals surface area contributed by atoms with E-state index in [1.54, 1.807) is 0 Å². The summed E-state index contributed by atoms with van der Waals surface area (Å²) in [6.45, 7) is 2.52. The van der Waals surface area contributed by atoms with Gasteiger partial charge < -0.3 is 5.11 Å². The topological polar surface area (TPSA) is 55.1 Å². The lowest BCUT2D eigenvalue weighted by Crippen LogP contribution is -2.09. The number of aryl methyl sites for hydroxylation is 1. The van der Waals surface area contributed by atoms with Gasteiger partial charge in [-0.2, -0.15) is 5.10 Å².